The van der Waals surface area contributed by atoms with E-state index < -0.39 is 0 Å². The highest BCUT2D eigenvalue weighted by molar-refractivity contribution is 5.80. The van der Waals surface area contributed by atoms with Gasteiger partial charge in [0.2, 0.25) is 0 Å². The van der Waals surface area contributed by atoms with Crippen molar-refractivity contribution in [2.45, 2.75) is 40.0 Å². The number of rotatable bonds is 0. The van der Waals surface area contributed by atoms with Crippen LogP contribution in [-0.2, 0) is 5.41 Å². The molecule has 2 nitrogen and oxygen atoms in total. The third-order valence-electron chi connectivity index (χ3n) is 2.26. The minimum absolute atomic E-state index is 0.182. The van der Waals surface area contributed by atoms with Crippen molar-refractivity contribution in [3.05, 3.63) is 30.1 Å². The Kier molecular flexibility index (Phi) is 3.51. The van der Waals surface area contributed by atoms with Crippen LogP contribution in [0.2, 0.25) is 0 Å². The number of hydrogen-bond acceptors (Lipinski definition) is 1. The van der Waals surface area contributed by atoms with Crippen LogP contribution in [0.3, 0.4) is 0 Å². The maximum absolute atomic E-state index is 4.26. The second-order valence-corrected chi connectivity index (χ2v) is 4.35. The highest BCUT2D eigenvalue weighted by Crippen LogP contribution is 2.28. The molecule has 0 aliphatic carbocycles. The molecule has 2 aromatic heterocycles. The quantitative estimate of drug-likeness (QED) is 0.693. The van der Waals surface area contributed by atoms with Crippen molar-refractivity contribution in [1.29, 1.82) is 0 Å². The van der Waals surface area contributed by atoms with Gasteiger partial charge < -0.3 is 4.98 Å². The molecule has 0 fully saturated rings. The fraction of sp³-hybridized carbons (Fsp3) is 0.462. The van der Waals surface area contributed by atoms with Gasteiger partial charge in [0.1, 0.15) is 5.65 Å². The highest BCUT2D eigenvalue weighted by atomic mass is 14.8. The van der Waals surface area contributed by atoms with Crippen molar-refractivity contribution >= 4 is 11.0 Å². The predicted octanol–water partition coefficient (Wildman–Crippen LogP) is 3.89. The topological polar surface area (TPSA) is 28.7 Å². The SMILES string of the molecule is CC.CC(C)(C)c1c[nH]c2ncccc12. The van der Waals surface area contributed by atoms with E-state index in [1.54, 1.807) is 0 Å². The molecule has 82 valence electrons. The molecule has 0 amide bonds. The molecule has 1 N–H and O–H groups in total. The molecule has 0 spiro atoms. The van der Waals surface area contributed by atoms with Gasteiger partial charge in [0.15, 0.2) is 0 Å². The van der Waals surface area contributed by atoms with Crippen LogP contribution in [0.25, 0.3) is 11.0 Å². The van der Waals surface area contributed by atoms with Crippen molar-refractivity contribution in [3.63, 3.8) is 0 Å². The molecule has 2 aromatic rings. The molecule has 2 rings (SSSR count). The molecule has 0 saturated heterocycles. The lowest BCUT2D eigenvalue weighted by molar-refractivity contribution is 0.596. The first-order chi connectivity index (χ1) is 7.09. The minimum Gasteiger partial charge on any atom is -0.346 e. The van der Waals surface area contributed by atoms with Crippen molar-refractivity contribution < 1.29 is 0 Å². The molecule has 0 aromatic carbocycles. The largest absolute Gasteiger partial charge is 0.346 e. The van der Waals surface area contributed by atoms with Crippen molar-refractivity contribution in [3.8, 4) is 0 Å². The molecule has 0 aliphatic heterocycles. The average molecular weight is 204 g/mol. The van der Waals surface area contributed by atoms with E-state index in [1.165, 1.54) is 10.9 Å². The first kappa shape index (κ1) is 11.8. The first-order valence-corrected chi connectivity index (χ1v) is 5.51. The smallest absolute Gasteiger partial charge is 0.137 e. The lowest BCUT2D eigenvalue weighted by Crippen LogP contribution is -2.09. The predicted molar refractivity (Wildman–Crippen MR) is 66.1 cm³/mol. The lowest BCUT2D eigenvalue weighted by Gasteiger charge is -2.16. The van der Waals surface area contributed by atoms with Gasteiger partial charge in [-0.25, -0.2) is 4.98 Å². The fourth-order valence-corrected chi connectivity index (χ4v) is 1.58. The zero-order valence-electron chi connectivity index (χ0n) is 10.3. The third-order valence-corrected chi connectivity index (χ3v) is 2.26. The van der Waals surface area contributed by atoms with E-state index in [0.29, 0.717) is 0 Å². The normalized spacial score (nSPS) is 11.0. The summed E-state index contributed by atoms with van der Waals surface area (Å²) >= 11 is 0. The van der Waals surface area contributed by atoms with Gasteiger partial charge in [0.25, 0.3) is 0 Å². The number of fused-ring (bicyclic) bond motifs is 1. The summed E-state index contributed by atoms with van der Waals surface area (Å²) in [6.07, 6.45) is 3.86. The third kappa shape index (κ3) is 2.38. The molecule has 0 atom stereocenters. The standard InChI is InChI=1S/C11H14N2.C2H6/c1-11(2,3)9-7-13-10-8(9)5-4-6-12-10;1-2/h4-7H,1-3H3,(H,12,13);1-2H3. The van der Waals surface area contributed by atoms with E-state index in [9.17, 15) is 0 Å². The summed E-state index contributed by atoms with van der Waals surface area (Å²) in [4.78, 5) is 7.44. The van der Waals surface area contributed by atoms with Crippen LogP contribution in [0.5, 0.6) is 0 Å². The van der Waals surface area contributed by atoms with Gasteiger partial charge in [-0.3, -0.25) is 0 Å². The van der Waals surface area contributed by atoms with Crippen molar-refractivity contribution in [1.82, 2.24) is 9.97 Å². The monoisotopic (exact) mass is 204 g/mol. The molecule has 0 radical (unpaired) electrons. The molecule has 0 saturated carbocycles. The molecule has 2 heterocycles. The minimum atomic E-state index is 0.182. The maximum atomic E-state index is 4.26. The number of aromatic nitrogens is 2. The average Bonchev–Trinajstić information content (AvgIpc) is 2.63. The summed E-state index contributed by atoms with van der Waals surface area (Å²) in [5.41, 5.74) is 2.49. The molecule has 0 unspecified atom stereocenters. The number of aromatic amines is 1. The number of nitrogens with zero attached hydrogens (tertiary/aromatic N) is 1. The van der Waals surface area contributed by atoms with E-state index in [4.69, 9.17) is 0 Å². The number of nitrogens with one attached hydrogen (secondary N) is 1. The molecule has 0 aliphatic rings. The van der Waals surface area contributed by atoms with Crippen LogP contribution in [0.15, 0.2) is 24.5 Å². The van der Waals surface area contributed by atoms with Crippen LogP contribution in [0, 0.1) is 0 Å². The summed E-state index contributed by atoms with van der Waals surface area (Å²) in [6.45, 7) is 10.6. The summed E-state index contributed by atoms with van der Waals surface area (Å²) in [5, 5.41) is 1.23. The van der Waals surface area contributed by atoms with Gasteiger partial charge in [-0.1, -0.05) is 34.6 Å². The van der Waals surface area contributed by atoms with Crippen molar-refractivity contribution in [2.24, 2.45) is 0 Å². The van der Waals surface area contributed by atoms with Gasteiger partial charge in [0, 0.05) is 17.8 Å². The van der Waals surface area contributed by atoms with Gasteiger partial charge >= 0.3 is 0 Å². The van der Waals surface area contributed by atoms with E-state index in [0.717, 1.165) is 5.65 Å². The van der Waals surface area contributed by atoms with E-state index in [1.807, 2.05) is 26.1 Å². The molecule has 2 heteroatoms. The Balaban J connectivity index is 0.000000531. The summed E-state index contributed by atoms with van der Waals surface area (Å²) < 4.78 is 0. The van der Waals surface area contributed by atoms with Crippen LogP contribution in [-0.4, -0.2) is 9.97 Å². The molecule has 15 heavy (non-hydrogen) atoms. The summed E-state index contributed by atoms with van der Waals surface area (Å²) in [7, 11) is 0. The zero-order valence-corrected chi connectivity index (χ0v) is 10.3. The Morgan fingerprint density at radius 3 is 2.47 bits per heavy atom. The lowest BCUT2D eigenvalue weighted by atomic mass is 9.87. The molecule has 0 bridgehead atoms. The maximum Gasteiger partial charge on any atom is 0.137 e. The van der Waals surface area contributed by atoms with E-state index in [2.05, 4.69) is 43.0 Å². The Hall–Kier alpha value is -1.31. The van der Waals surface area contributed by atoms with Crippen LogP contribution in [0.1, 0.15) is 40.2 Å². The van der Waals surface area contributed by atoms with Gasteiger partial charge in [-0.15, -0.1) is 0 Å². The van der Waals surface area contributed by atoms with Gasteiger partial charge in [-0.2, -0.15) is 0 Å². The van der Waals surface area contributed by atoms with Gasteiger partial charge in [-0.05, 0) is 23.1 Å². The molecular weight excluding hydrogens is 184 g/mol. The Morgan fingerprint density at radius 1 is 1.20 bits per heavy atom. The Morgan fingerprint density at radius 2 is 1.87 bits per heavy atom. The Bertz CT molecular complexity index is 421. The van der Waals surface area contributed by atoms with Crippen molar-refractivity contribution in [2.75, 3.05) is 0 Å². The first-order valence-electron chi connectivity index (χ1n) is 5.51. The second kappa shape index (κ2) is 4.47. The van der Waals surface area contributed by atoms with Crippen LogP contribution < -0.4 is 0 Å². The van der Waals surface area contributed by atoms with E-state index >= 15 is 0 Å². The van der Waals surface area contributed by atoms with Crippen LogP contribution >= 0.6 is 0 Å². The number of pyridine rings is 1. The molecular formula is C13H20N2. The van der Waals surface area contributed by atoms with E-state index in [-0.39, 0.29) is 5.41 Å². The highest BCUT2D eigenvalue weighted by Gasteiger charge is 2.17. The summed E-state index contributed by atoms with van der Waals surface area (Å²) in [5.74, 6) is 0. The fourth-order valence-electron chi connectivity index (χ4n) is 1.58. The summed E-state index contributed by atoms with van der Waals surface area (Å²) in [6, 6.07) is 4.09. The van der Waals surface area contributed by atoms with Gasteiger partial charge in [0.05, 0.1) is 0 Å². The van der Waals surface area contributed by atoms with Crippen LogP contribution in [0.4, 0.5) is 0 Å². The zero-order chi connectivity index (χ0) is 11.5. The Labute approximate surface area is 91.7 Å². The number of H-pyrrole nitrogens is 1. The second-order valence-electron chi connectivity index (χ2n) is 4.35. The number of hydrogen-bond donors (Lipinski definition) is 1.